The summed E-state index contributed by atoms with van der Waals surface area (Å²) in [6, 6.07) is 0. The maximum Gasteiger partial charge on any atom is 0.154 e. The van der Waals surface area contributed by atoms with Gasteiger partial charge in [-0.05, 0) is 18.3 Å². The Morgan fingerprint density at radius 2 is 2.12 bits per heavy atom. The van der Waals surface area contributed by atoms with Gasteiger partial charge in [0.05, 0.1) is 6.61 Å². The largest absolute Gasteiger partial charge is 0.368 e. The van der Waals surface area contributed by atoms with Crippen LogP contribution in [0.15, 0.2) is 0 Å². The Bertz CT molecular complexity index is 103. The van der Waals surface area contributed by atoms with Crippen molar-refractivity contribution in [1.29, 1.82) is 0 Å². The fraction of sp³-hybridized carbons (Fsp3) is 1.00. The van der Waals surface area contributed by atoms with Crippen molar-refractivity contribution < 1.29 is 9.84 Å². The van der Waals surface area contributed by atoms with E-state index in [1.807, 2.05) is 0 Å². The van der Waals surface area contributed by atoms with Gasteiger partial charge in [0.15, 0.2) is 6.29 Å². The van der Waals surface area contributed by atoms with Crippen LogP contribution in [-0.2, 0) is 4.74 Å². The molecule has 1 saturated heterocycles. The van der Waals surface area contributed by atoms with Crippen molar-refractivity contribution in [3.63, 3.8) is 0 Å². The molecule has 1 aliphatic heterocycles. The van der Waals surface area contributed by atoms with Crippen molar-refractivity contribution in [1.82, 2.24) is 0 Å². The van der Waals surface area contributed by atoms with E-state index in [2.05, 4.69) is 0 Å². The maximum atomic E-state index is 8.88. The van der Waals surface area contributed by atoms with E-state index >= 15 is 0 Å². The number of fused-ring (bicyclic) bond motifs is 1. The summed E-state index contributed by atoms with van der Waals surface area (Å²) < 4.78 is 4.99. The summed E-state index contributed by atoms with van der Waals surface area (Å²) in [6.07, 6.45) is 1.72. The number of aliphatic hydroxyl groups is 1. The van der Waals surface area contributed by atoms with Gasteiger partial charge in [-0.25, -0.2) is 0 Å². The van der Waals surface area contributed by atoms with Gasteiger partial charge in [0.25, 0.3) is 0 Å². The van der Waals surface area contributed by atoms with Crippen LogP contribution in [0.1, 0.15) is 12.8 Å². The molecule has 8 heavy (non-hydrogen) atoms. The van der Waals surface area contributed by atoms with Crippen molar-refractivity contribution in [3.8, 4) is 0 Å². The van der Waals surface area contributed by atoms with Gasteiger partial charge < -0.3 is 9.84 Å². The Labute approximate surface area is 48.5 Å². The summed E-state index contributed by atoms with van der Waals surface area (Å²) in [4.78, 5) is 0. The maximum absolute atomic E-state index is 8.88. The molecule has 46 valence electrons. The fourth-order valence-electron chi connectivity index (χ4n) is 1.36. The van der Waals surface area contributed by atoms with Crippen molar-refractivity contribution in [2.45, 2.75) is 19.1 Å². The molecule has 0 aromatic heterocycles. The summed E-state index contributed by atoms with van der Waals surface area (Å²) >= 11 is 0. The molecule has 1 unspecified atom stereocenters. The molecular formula is C6H10O2. The third kappa shape index (κ3) is 0.644. The van der Waals surface area contributed by atoms with E-state index in [1.54, 1.807) is 0 Å². The molecule has 2 fully saturated rings. The summed E-state index contributed by atoms with van der Waals surface area (Å²) in [5.74, 6) is 1.61. The summed E-state index contributed by atoms with van der Waals surface area (Å²) in [5, 5.41) is 8.88. The highest BCUT2D eigenvalue weighted by molar-refractivity contribution is 4.89. The first-order chi connectivity index (χ1) is 3.86. The van der Waals surface area contributed by atoms with Crippen LogP contribution in [0, 0.1) is 11.8 Å². The molecule has 2 nitrogen and oxygen atoms in total. The third-order valence-electron chi connectivity index (χ3n) is 2.08. The van der Waals surface area contributed by atoms with E-state index in [9.17, 15) is 0 Å². The Kier molecular flexibility index (Phi) is 0.866. The first-order valence-corrected chi connectivity index (χ1v) is 3.16. The highest BCUT2D eigenvalue weighted by atomic mass is 16.6. The predicted molar refractivity (Wildman–Crippen MR) is 28.2 cm³/mol. The average Bonchev–Trinajstić information content (AvgIpc) is 2.43. The van der Waals surface area contributed by atoms with Crippen LogP contribution < -0.4 is 0 Å². The molecule has 0 aromatic rings. The van der Waals surface area contributed by atoms with Crippen LogP contribution >= 0.6 is 0 Å². The molecule has 0 bridgehead atoms. The summed E-state index contributed by atoms with van der Waals surface area (Å²) in [6.45, 7) is 0.797. The molecule has 0 spiro atoms. The average molecular weight is 114 g/mol. The molecule has 1 aliphatic carbocycles. The number of hydrogen-bond acceptors (Lipinski definition) is 2. The second-order valence-corrected chi connectivity index (χ2v) is 2.78. The molecule has 2 heteroatoms. The Hall–Kier alpha value is -0.0800. The van der Waals surface area contributed by atoms with Gasteiger partial charge in [0.2, 0.25) is 0 Å². The minimum absolute atomic E-state index is 0.446. The van der Waals surface area contributed by atoms with Crippen molar-refractivity contribution >= 4 is 0 Å². The van der Waals surface area contributed by atoms with E-state index < -0.39 is 6.29 Å². The van der Waals surface area contributed by atoms with Gasteiger partial charge in [-0.15, -0.1) is 0 Å². The van der Waals surface area contributed by atoms with Gasteiger partial charge in [0.1, 0.15) is 0 Å². The molecule has 0 amide bonds. The zero-order valence-corrected chi connectivity index (χ0v) is 4.71. The normalized spacial score (nSPS) is 52.9. The van der Waals surface area contributed by atoms with E-state index in [-0.39, 0.29) is 0 Å². The number of hydrogen-bond donors (Lipinski definition) is 1. The highest BCUT2D eigenvalue weighted by Crippen LogP contribution is 2.45. The smallest absolute Gasteiger partial charge is 0.154 e. The zero-order valence-electron chi connectivity index (χ0n) is 4.71. The molecular weight excluding hydrogens is 104 g/mol. The quantitative estimate of drug-likeness (QED) is 0.492. The standard InChI is InChI=1S/C6H10O2/c7-6-2-4-1-5(4)3-8-6/h4-7H,1-3H2/t4-,5+,6?/m1/s1. The van der Waals surface area contributed by atoms with Crippen LogP contribution in [-0.4, -0.2) is 18.0 Å². The minimum Gasteiger partial charge on any atom is -0.368 e. The molecule has 3 atom stereocenters. The van der Waals surface area contributed by atoms with Crippen LogP contribution in [0.4, 0.5) is 0 Å². The minimum atomic E-state index is -0.446. The van der Waals surface area contributed by atoms with Crippen molar-refractivity contribution in [3.05, 3.63) is 0 Å². The first-order valence-electron chi connectivity index (χ1n) is 3.16. The van der Waals surface area contributed by atoms with Crippen molar-refractivity contribution in [2.24, 2.45) is 11.8 Å². The second-order valence-electron chi connectivity index (χ2n) is 2.78. The Balaban J connectivity index is 1.93. The number of aliphatic hydroxyl groups excluding tert-OH is 1. The van der Waals surface area contributed by atoms with E-state index in [4.69, 9.17) is 9.84 Å². The van der Waals surface area contributed by atoms with Crippen LogP contribution in [0.25, 0.3) is 0 Å². The Morgan fingerprint density at radius 3 is 2.75 bits per heavy atom. The van der Waals surface area contributed by atoms with Gasteiger partial charge in [-0.1, -0.05) is 0 Å². The van der Waals surface area contributed by atoms with Crippen molar-refractivity contribution in [2.75, 3.05) is 6.61 Å². The summed E-state index contributed by atoms with van der Waals surface area (Å²) in [5.41, 5.74) is 0. The molecule has 2 rings (SSSR count). The van der Waals surface area contributed by atoms with Gasteiger partial charge in [0, 0.05) is 6.42 Å². The van der Waals surface area contributed by atoms with E-state index in [1.165, 1.54) is 6.42 Å². The molecule has 1 saturated carbocycles. The SMILES string of the molecule is OC1C[C@H]2C[C@H]2CO1. The number of ether oxygens (including phenoxy) is 1. The first kappa shape index (κ1) is 4.77. The molecule has 1 N–H and O–H groups in total. The molecule has 1 heterocycles. The Morgan fingerprint density at radius 1 is 1.25 bits per heavy atom. The van der Waals surface area contributed by atoms with Gasteiger partial charge >= 0.3 is 0 Å². The molecule has 0 radical (unpaired) electrons. The van der Waals surface area contributed by atoms with Crippen LogP contribution in [0.2, 0.25) is 0 Å². The van der Waals surface area contributed by atoms with Gasteiger partial charge in [-0.3, -0.25) is 0 Å². The highest BCUT2D eigenvalue weighted by Gasteiger charge is 2.42. The van der Waals surface area contributed by atoms with E-state index in [0.717, 1.165) is 24.9 Å². The predicted octanol–water partition coefficient (Wildman–Crippen LogP) is 0.361. The fourth-order valence-corrected chi connectivity index (χ4v) is 1.36. The lowest BCUT2D eigenvalue weighted by molar-refractivity contribution is -0.126. The second kappa shape index (κ2) is 1.45. The zero-order chi connectivity index (χ0) is 5.56. The van der Waals surface area contributed by atoms with E-state index in [0.29, 0.717) is 0 Å². The lowest BCUT2D eigenvalue weighted by Crippen LogP contribution is -2.19. The monoisotopic (exact) mass is 114 g/mol. The molecule has 2 aliphatic rings. The topological polar surface area (TPSA) is 29.5 Å². The molecule has 0 aromatic carbocycles. The van der Waals surface area contributed by atoms with Gasteiger partial charge in [-0.2, -0.15) is 0 Å². The number of rotatable bonds is 0. The van der Waals surface area contributed by atoms with Crippen LogP contribution in [0.3, 0.4) is 0 Å². The third-order valence-corrected chi connectivity index (χ3v) is 2.08. The van der Waals surface area contributed by atoms with Crippen LogP contribution in [0.5, 0.6) is 0 Å². The lowest BCUT2D eigenvalue weighted by Gasteiger charge is -2.15. The lowest BCUT2D eigenvalue weighted by atomic mass is 10.2. The summed E-state index contributed by atoms with van der Waals surface area (Å²) in [7, 11) is 0.